The molecule has 0 radical (unpaired) electrons. The van der Waals surface area contributed by atoms with Gasteiger partial charge >= 0.3 is 5.97 Å². The number of amides is 1. The van der Waals surface area contributed by atoms with Crippen LogP contribution in [-0.2, 0) is 9.53 Å². The zero-order valence-corrected chi connectivity index (χ0v) is 9.43. The molecule has 5 nitrogen and oxygen atoms in total. The minimum atomic E-state index is -0.260. The summed E-state index contributed by atoms with van der Waals surface area (Å²) in [5.41, 5.74) is 0.514. The molecular formula is C11H15NO4. The number of esters is 1. The molecule has 0 unspecified atom stereocenters. The highest BCUT2D eigenvalue weighted by atomic mass is 16.5. The summed E-state index contributed by atoms with van der Waals surface area (Å²) < 4.78 is 9.33. The SMILES string of the molecule is COC(=O)CCCN(C)C(=O)c1ccoc1. The van der Waals surface area contributed by atoms with Gasteiger partial charge in [-0.05, 0) is 12.5 Å². The van der Waals surface area contributed by atoms with Gasteiger partial charge in [-0.15, -0.1) is 0 Å². The average molecular weight is 225 g/mol. The molecule has 0 bridgehead atoms. The molecule has 0 fully saturated rings. The van der Waals surface area contributed by atoms with Crippen LogP contribution in [0, 0.1) is 0 Å². The van der Waals surface area contributed by atoms with Gasteiger partial charge in [-0.3, -0.25) is 9.59 Å². The Morgan fingerprint density at radius 2 is 2.25 bits per heavy atom. The van der Waals surface area contributed by atoms with Crippen LogP contribution >= 0.6 is 0 Å². The first-order valence-corrected chi connectivity index (χ1v) is 4.99. The molecule has 0 saturated heterocycles. The molecule has 88 valence electrons. The second-order valence-corrected chi connectivity index (χ2v) is 3.42. The lowest BCUT2D eigenvalue weighted by Crippen LogP contribution is -2.27. The van der Waals surface area contributed by atoms with Gasteiger partial charge < -0.3 is 14.1 Å². The lowest BCUT2D eigenvalue weighted by atomic mass is 10.2. The quantitative estimate of drug-likeness (QED) is 0.709. The van der Waals surface area contributed by atoms with E-state index in [-0.39, 0.29) is 11.9 Å². The molecule has 5 heteroatoms. The van der Waals surface area contributed by atoms with Crippen LogP contribution in [0.5, 0.6) is 0 Å². The van der Waals surface area contributed by atoms with E-state index in [1.165, 1.54) is 19.6 Å². The minimum absolute atomic E-state index is 0.112. The maximum absolute atomic E-state index is 11.7. The number of carbonyl (C=O) groups excluding carboxylic acids is 2. The van der Waals surface area contributed by atoms with Gasteiger partial charge in [-0.25, -0.2) is 0 Å². The van der Waals surface area contributed by atoms with E-state index in [1.54, 1.807) is 18.0 Å². The van der Waals surface area contributed by atoms with Gasteiger partial charge in [0.1, 0.15) is 6.26 Å². The first-order valence-electron chi connectivity index (χ1n) is 4.99. The lowest BCUT2D eigenvalue weighted by Gasteiger charge is -2.15. The molecule has 0 N–H and O–H groups in total. The van der Waals surface area contributed by atoms with Gasteiger partial charge in [-0.2, -0.15) is 0 Å². The van der Waals surface area contributed by atoms with Crippen molar-refractivity contribution < 1.29 is 18.7 Å². The molecule has 0 aromatic carbocycles. The largest absolute Gasteiger partial charge is 0.472 e. The molecule has 1 aromatic heterocycles. The second kappa shape index (κ2) is 5.95. The molecule has 0 aliphatic rings. The Labute approximate surface area is 94.0 Å². The van der Waals surface area contributed by atoms with Gasteiger partial charge in [0, 0.05) is 20.0 Å². The van der Waals surface area contributed by atoms with Crippen LogP contribution in [0.4, 0.5) is 0 Å². The third-order valence-electron chi connectivity index (χ3n) is 2.22. The van der Waals surface area contributed by atoms with Crippen LogP contribution in [0.3, 0.4) is 0 Å². The van der Waals surface area contributed by atoms with Crippen molar-refractivity contribution in [1.29, 1.82) is 0 Å². The van der Waals surface area contributed by atoms with Crippen LogP contribution in [0.2, 0.25) is 0 Å². The topological polar surface area (TPSA) is 59.8 Å². The van der Waals surface area contributed by atoms with Crippen molar-refractivity contribution in [3.63, 3.8) is 0 Å². The van der Waals surface area contributed by atoms with Gasteiger partial charge in [0.2, 0.25) is 0 Å². The number of carbonyl (C=O) groups is 2. The monoisotopic (exact) mass is 225 g/mol. The molecule has 16 heavy (non-hydrogen) atoms. The summed E-state index contributed by atoms with van der Waals surface area (Å²) in [6.07, 6.45) is 3.76. The fourth-order valence-corrected chi connectivity index (χ4v) is 1.27. The molecule has 0 aliphatic heterocycles. The minimum Gasteiger partial charge on any atom is -0.472 e. The number of ether oxygens (including phenoxy) is 1. The van der Waals surface area contributed by atoms with Crippen molar-refractivity contribution in [2.45, 2.75) is 12.8 Å². The van der Waals surface area contributed by atoms with E-state index < -0.39 is 0 Å². The van der Waals surface area contributed by atoms with E-state index in [4.69, 9.17) is 4.42 Å². The Morgan fingerprint density at radius 3 is 2.81 bits per heavy atom. The first-order chi connectivity index (χ1) is 7.65. The summed E-state index contributed by atoms with van der Waals surface area (Å²) in [6, 6.07) is 1.61. The second-order valence-electron chi connectivity index (χ2n) is 3.42. The third kappa shape index (κ3) is 3.42. The Bertz CT molecular complexity index is 345. The molecule has 1 heterocycles. The normalized spacial score (nSPS) is 9.88. The number of nitrogens with zero attached hydrogens (tertiary/aromatic N) is 1. The fraction of sp³-hybridized carbons (Fsp3) is 0.455. The number of rotatable bonds is 5. The fourth-order valence-electron chi connectivity index (χ4n) is 1.27. The van der Waals surface area contributed by atoms with Gasteiger partial charge in [0.25, 0.3) is 5.91 Å². The molecule has 0 atom stereocenters. The Morgan fingerprint density at radius 1 is 1.50 bits per heavy atom. The highest BCUT2D eigenvalue weighted by molar-refractivity contribution is 5.93. The predicted octanol–water partition coefficient (Wildman–Crippen LogP) is 1.30. The standard InChI is InChI=1S/C11H15NO4/c1-12(6-3-4-10(13)15-2)11(14)9-5-7-16-8-9/h5,7-8H,3-4,6H2,1-2H3. The molecule has 1 aromatic rings. The lowest BCUT2D eigenvalue weighted by molar-refractivity contribution is -0.140. The summed E-state index contributed by atoms with van der Waals surface area (Å²) in [6.45, 7) is 0.513. The van der Waals surface area contributed by atoms with E-state index in [9.17, 15) is 9.59 Å². The first kappa shape index (κ1) is 12.3. The van der Waals surface area contributed by atoms with E-state index in [2.05, 4.69) is 4.74 Å². The summed E-state index contributed by atoms with van der Waals surface area (Å²) in [7, 11) is 3.04. The predicted molar refractivity (Wildman–Crippen MR) is 56.9 cm³/mol. The van der Waals surface area contributed by atoms with Gasteiger partial charge in [0.15, 0.2) is 0 Å². The van der Waals surface area contributed by atoms with Crippen molar-refractivity contribution in [2.24, 2.45) is 0 Å². The molecule has 0 spiro atoms. The van der Waals surface area contributed by atoms with Crippen LogP contribution in [-0.4, -0.2) is 37.5 Å². The highest BCUT2D eigenvalue weighted by Gasteiger charge is 2.12. The van der Waals surface area contributed by atoms with Crippen LogP contribution in [0.1, 0.15) is 23.2 Å². The Kier molecular flexibility index (Phi) is 4.57. The summed E-state index contributed by atoms with van der Waals surface area (Å²) in [5, 5.41) is 0. The Hall–Kier alpha value is -1.78. The highest BCUT2D eigenvalue weighted by Crippen LogP contribution is 2.05. The number of hydrogen-bond donors (Lipinski definition) is 0. The summed E-state index contributed by atoms with van der Waals surface area (Å²) >= 11 is 0. The smallest absolute Gasteiger partial charge is 0.305 e. The van der Waals surface area contributed by atoms with Crippen LogP contribution < -0.4 is 0 Å². The van der Waals surface area contributed by atoms with E-state index >= 15 is 0 Å². The maximum atomic E-state index is 11.7. The third-order valence-corrected chi connectivity index (χ3v) is 2.22. The molecule has 1 rings (SSSR count). The number of methoxy groups -OCH3 is 1. The molecule has 0 aliphatic carbocycles. The number of furan rings is 1. The van der Waals surface area contributed by atoms with Crippen molar-refractivity contribution in [3.8, 4) is 0 Å². The Balaban J connectivity index is 2.33. The number of hydrogen-bond acceptors (Lipinski definition) is 4. The van der Waals surface area contributed by atoms with Crippen molar-refractivity contribution in [1.82, 2.24) is 4.90 Å². The van der Waals surface area contributed by atoms with E-state index in [0.29, 0.717) is 24.9 Å². The van der Waals surface area contributed by atoms with Crippen molar-refractivity contribution in [2.75, 3.05) is 20.7 Å². The van der Waals surface area contributed by atoms with E-state index in [0.717, 1.165) is 0 Å². The maximum Gasteiger partial charge on any atom is 0.305 e. The van der Waals surface area contributed by atoms with Gasteiger partial charge in [0.05, 0.1) is 18.9 Å². The van der Waals surface area contributed by atoms with Crippen molar-refractivity contribution >= 4 is 11.9 Å². The zero-order valence-electron chi connectivity index (χ0n) is 9.43. The van der Waals surface area contributed by atoms with Gasteiger partial charge in [-0.1, -0.05) is 0 Å². The van der Waals surface area contributed by atoms with Crippen LogP contribution in [0.15, 0.2) is 23.0 Å². The zero-order chi connectivity index (χ0) is 12.0. The molecule has 1 amide bonds. The summed E-state index contributed by atoms with van der Waals surface area (Å²) in [5.74, 6) is -0.372. The molecular weight excluding hydrogens is 210 g/mol. The molecule has 0 saturated carbocycles. The summed E-state index contributed by atoms with van der Waals surface area (Å²) in [4.78, 5) is 24.1. The van der Waals surface area contributed by atoms with Crippen LogP contribution in [0.25, 0.3) is 0 Å². The average Bonchev–Trinajstić information content (AvgIpc) is 2.81. The van der Waals surface area contributed by atoms with E-state index in [1.807, 2.05) is 0 Å². The van der Waals surface area contributed by atoms with Crippen molar-refractivity contribution in [3.05, 3.63) is 24.2 Å².